The molecule has 0 radical (unpaired) electrons. The van der Waals surface area contributed by atoms with Crippen molar-refractivity contribution in [3.63, 3.8) is 0 Å². The Kier molecular flexibility index (Phi) is 8.65. The third-order valence-electron chi connectivity index (χ3n) is 5.58. The van der Waals surface area contributed by atoms with Crippen LogP contribution in [-0.2, 0) is 26.1 Å². The molecule has 2 aromatic carbocycles. The molecule has 4 rings (SSSR count). The number of thiophene rings is 1. The van der Waals surface area contributed by atoms with Gasteiger partial charge in [-0.1, -0.05) is 23.7 Å². The molecule has 0 saturated carbocycles. The Labute approximate surface area is 233 Å². The van der Waals surface area contributed by atoms with Crippen molar-refractivity contribution in [1.29, 1.82) is 0 Å². The number of sulfonamides is 1. The number of hydrogen-bond donors (Lipinski definition) is 3. The molecule has 3 N–H and O–H groups in total. The number of carbonyl (C=O) groups is 4. The lowest BCUT2D eigenvalue weighted by atomic mass is 10.0. The van der Waals surface area contributed by atoms with Crippen LogP contribution >= 0.6 is 22.9 Å². The van der Waals surface area contributed by atoms with E-state index in [1.54, 1.807) is 35.2 Å². The van der Waals surface area contributed by atoms with Crippen LogP contribution in [0.5, 0.6) is 0 Å². The van der Waals surface area contributed by atoms with E-state index in [1.807, 2.05) is 4.72 Å². The Hall–Kier alpha value is -3.78. The van der Waals surface area contributed by atoms with Crippen LogP contribution in [0.15, 0.2) is 54.6 Å². The largest absolute Gasteiger partial charge is 0.370 e. The zero-order valence-corrected chi connectivity index (χ0v) is 22.9. The Morgan fingerprint density at radius 2 is 1.77 bits per heavy atom. The van der Waals surface area contributed by atoms with E-state index in [9.17, 15) is 27.6 Å². The quantitative estimate of drug-likeness (QED) is 0.365. The topological polar surface area (TPSA) is 151 Å². The lowest BCUT2D eigenvalue weighted by molar-refractivity contribution is -0.125. The number of nitrogens with zero attached hydrogens (tertiary/aromatic N) is 1. The lowest BCUT2D eigenvalue weighted by Crippen LogP contribution is -2.41. The van der Waals surface area contributed by atoms with Gasteiger partial charge < -0.3 is 20.3 Å². The van der Waals surface area contributed by atoms with Crippen molar-refractivity contribution in [1.82, 2.24) is 10.0 Å². The van der Waals surface area contributed by atoms with Crippen molar-refractivity contribution in [3.05, 3.63) is 80.5 Å². The molecule has 14 heteroatoms. The number of anilines is 2. The normalized spacial score (nSPS) is 13.6. The third kappa shape index (κ3) is 7.20. The Bertz CT molecular complexity index is 1540. The minimum Gasteiger partial charge on any atom is -0.370 e. The molecule has 3 aromatic rings. The SMILES string of the molecule is CS(=O)(=O)NC(=O)c1cccc(CNC(=O)c2ccc(Cl)s2)c1NC(=O)c1ccc(N2CCOCC2=O)cc1. The third-order valence-corrected chi connectivity index (χ3v) is 7.36. The van der Waals surface area contributed by atoms with E-state index in [0.717, 1.165) is 17.6 Å². The molecule has 1 aliphatic rings. The average Bonchev–Trinajstić information content (AvgIpc) is 3.33. The van der Waals surface area contributed by atoms with E-state index in [1.165, 1.54) is 24.3 Å². The predicted octanol–water partition coefficient (Wildman–Crippen LogP) is 2.64. The van der Waals surface area contributed by atoms with E-state index in [2.05, 4.69) is 10.6 Å². The summed E-state index contributed by atoms with van der Waals surface area (Å²) in [6, 6.07) is 13.9. The maximum atomic E-state index is 13.2. The second kappa shape index (κ2) is 11.9. The van der Waals surface area contributed by atoms with Gasteiger partial charge in [0.2, 0.25) is 10.0 Å². The highest BCUT2D eigenvalue weighted by Gasteiger charge is 2.23. The summed E-state index contributed by atoms with van der Waals surface area (Å²) >= 11 is 6.99. The summed E-state index contributed by atoms with van der Waals surface area (Å²) in [5, 5.41) is 5.38. The van der Waals surface area contributed by atoms with E-state index in [0.29, 0.717) is 33.6 Å². The van der Waals surface area contributed by atoms with Crippen molar-refractivity contribution in [2.45, 2.75) is 6.54 Å². The zero-order chi connectivity index (χ0) is 28.2. The molecular weight excluding hydrogens is 568 g/mol. The van der Waals surface area contributed by atoms with Crippen molar-refractivity contribution in [3.8, 4) is 0 Å². The number of morpholine rings is 1. The van der Waals surface area contributed by atoms with Gasteiger partial charge in [-0.3, -0.25) is 19.2 Å². The fourth-order valence-electron chi connectivity index (χ4n) is 3.78. The number of halogens is 1. The molecule has 0 aliphatic carbocycles. The van der Waals surface area contributed by atoms with E-state index in [4.69, 9.17) is 16.3 Å². The number of ether oxygens (including phenoxy) is 1. The maximum Gasteiger partial charge on any atom is 0.266 e. The number of rotatable bonds is 8. The zero-order valence-electron chi connectivity index (χ0n) is 20.5. The summed E-state index contributed by atoms with van der Waals surface area (Å²) in [7, 11) is -3.90. The van der Waals surface area contributed by atoms with Gasteiger partial charge in [-0.2, -0.15) is 0 Å². The fourth-order valence-corrected chi connectivity index (χ4v) is 5.18. The molecule has 0 bridgehead atoms. The smallest absolute Gasteiger partial charge is 0.266 e. The molecule has 0 atom stereocenters. The molecular formula is C25H23ClN4O7S2. The van der Waals surface area contributed by atoms with Gasteiger partial charge in [0.25, 0.3) is 23.6 Å². The summed E-state index contributed by atoms with van der Waals surface area (Å²) in [6.45, 7) is 0.689. The second-order valence-electron chi connectivity index (χ2n) is 8.43. The Morgan fingerprint density at radius 3 is 2.41 bits per heavy atom. The van der Waals surface area contributed by atoms with E-state index in [-0.39, 0.29) is 35.9 Å². The van der Waals surface area contributed by atoms with Gasteiger partial charge in [0.15, 0.2) is 0 Å². The molecule has 1 saturated heterocycles. The lowest BCUT2D eigenvalue weighted by Gasteiger charge is -2.26. The minimum atomic E-state index is -3.90. The highest BCUT2D eigenvalue weighted by atomic mass is 35.5. The molecule has 0 unspecified atom stereocenters. The number of para-hydroxylation sites is 1. The summed E-state index contributed by atoms with van der Waals surface area (Å²) in [6.07, 6.45) is 0.833. The van der Waals surface area contributed by atoms with Gasteiger partial charge in [0.1, 0.15) is 6.61 Å². The first kappa shape index (κ1) is 28.2. The summed E-state index contributed by atoms with van der Waals surface area (Å²) in [5.41, 5.74) is 1.10. The van der Waals surface area contributed by atoms with E-state index >= 15 is 0 Å². The minimum absolute atomic E-state index is 0.0204. The molecule has 39 heavy (non-hydrogen) atoms. The monoisotopic (exact) mass is 590 g/mol. The van der Waals surface area contributed by atoms with Crippen LogP contribution in [0.1, 0.15) is 36.0 Å². The number of carbonyl (C=O) groups excluding carboxylic acids is 4. The Morgan fingerprint density at radius 1 is 1.03 bits per heavy atom. The van der Waals surface area contributed by atoms with Crippen LogP contribution in [-0.4, -0.2) is 58.1 Å². The number of nitrogens with one attached hydrogen (secondary N) is 3. The average molecular weight is 591 g/mol. The number of amides is 4. The maximum absolute atomic E-state index is 13.2. The van der Waals surface area contributed by atoms with Gasteiger partial charge in [-0.05, 0) is 48.0 Å². The molecule has 1 aromatic heterocycles. The number of benzene rings is 2. The van der Waals surface area contributed by atoms with Crippen molar-refractivity contribution < 1.29 is 32.3 Å². The van der Waals surface area contributed by atoms with Gasteiger partial charge in [0.05, 0.1) is 33.3 Å². The van der Waals surface area contributed by atoms with Crippen molar-refractivity contribution in [2.75, 3.05) is 36.2 Å². The molecule has 204 valence electrons. The fraction of sp³-hybridized carbons (Fsp3) is 0.200. The summed E-state index contributed by atoms with van der Waals surface area (Å²) in [4.78, 5) is 52.5. The van der Waals surface area contributed by atoms with Gasteiger partial charge in [0, 0.05) is 24.3 Å². The molecule has 0 spiro atoms. The summed E-state index contributed by atoms with van der Waals surface area (Å²) < 4.78 is 30.9. The molecule has 2 heterocycles. The van der Waals surface area contributed by atoms with Crippen LogP contribution in [0, 0.1) is 0 Å². The van der Waals surface area contributed by atoms with Crippen LogP contribution in [0.4, 0.5) is 11.4 Å². The highest BCUT2D eigenvalue weighted by Crippen LogP contribution is 2.25. The molecule has 4 amide bonds. The van der Waals surface area contributed by atoms with Crippen LogP contribution in [0.3, 0.4) is 0 Å². The van der Waals surface area contributed by atoms with Crippen molar-refractivity contribution >= 4 is 68.0 Å². The van der Waals surface area contributed by atoms with Crippen molar-refractivity contribution in [2.24, 2.45) is 0 Å². The van der Waals surface area contributed by atoms with Gasteiger partial charge >= 0.3 is 0 Å². The standard InChI is InChI=1S/C25H23ClN4O7S2/c1-39(35,36)29-24(33)18-4-2-3-16(13-27-25(34)19-9-10-20(26)38-19)22(18)28-23(32)15-5-7-17(8-6-15)30-11-12-37-14-21(30)31/h2-10H,11-14H2,1H3,(H,27,34)(H,28,32)(H,29,33). The van der Waals surface area contributed by atoms with Gasteiger partial charge in [-0.15, -0.1) is 11.3 Å². The highest BCUT2D eigenvalue weighted by molar-refractivity contribution is 7.89. The predicted molar refractivity (Wildman–Crippen MR) is 147 cm³/mol. The molecule has 11 nitrogen and oxygen atoms in total. The van der Waals surface area contributed by atoms with Crippen LogP contribution in [0.2, 0.25) is 4.34 Å². The first-order valence-electron chi connectivity index (χ1n) is 11.5. The van der Waals surface area contributed by atoms with Crippen LogP contribution < -0.4 is 20.3 Å². The summed E-state index contributed by atoms with van der Waals surface area (Å²) in [5.74, 6) is -2.15. The first-order chi connectivity index (χ1) is 18.5. The molecule has 1 aliphatic heterocycles. The first-order valence-corrected chi connectivity index (χ1v) is 14.6. The molecule has 1 fully saturated rings. The van der Waals surface area contributed by atoms with E-state index < -0.39 is 27.7 Å². The second-order valence-corrected chi connectivity index (χ2v) is 11.9. The number of hydrogen-bond acceptors (Lipinski definition) is 8. The van der Waals surface area contributed by atoms with Crippen LogP contribution in [0.25, 0.3) is 0 Å². The Balaban J connectivity index is 1.59. The van der Waals surface area contributed by atoms with Gasteiger partial charge in [-0.25, -0.2) is 13.1 Å².